The van der Waals surface area contributed by atoms with Crippen LogP contribution < -0.4 is 5.73 Å². The van der Waals surface area contributed by atoms with Crippen LogP contribution in [0.5, 0.6) is 0 Å². The topological polar surface area (TPSA) is 64.9 Å². The van der Waals surface area contributed by atoms with E-state index in [0.29, 0.717) is 12.1 Å². The first-order chi connectivity index (χ1) is 6.36. The standard InChI is InChI=1S/C9H9N3O/c10-9-6-12-11-5-7(9)4-8-2-1-3-13-8/h1-3,5-6H,4H2,(H2,10,11). The second kappa shape index (κ2) is 3.26. The van der Waals surface area contributed by atoms with Gasteiger partial charge in [0.2, 0.25) is 0 Å². The number of nitrogens with two attached hydrogens (primary N) is 1. The van der Waals surface area contributed by atoms with Gasteiger partial charge in [0, 0.05) is 12.0 Å². The lowest BCUT2D eigenvalue weighted by atomic mass is 10.1. The van der Waals surface area contributed by atoms with E-state index in [1.807, 2.05) is 12.1 Å². The SMILES string of the molecule is Nc1cnncc1Cc1ccco1. The van der Waals surface area contributed by atoms with Crippen LogP contribution in [0, 0.1) is 0 Å². The van der Waals surface area contributed by atoms with Crippen LogP contribution in [0.15, 0.2) is 35.2 Å². The highest BCUT2D eigenvalue weighted by Gasteiger charge is 2.02. The van der Waals surface area contributed by atoms with Crippen LogP contribution in [0.2, 0.25) is 0 Å². The van der Waals surface area contributed by atoms with Gasteiger partial charge in [-0.05, 0) is 12.1 Å². The number of hydrogen-bond donors (Lipinski definition) is 1. The lowest BCUT2D eigenvalue weighted by Crippen LogP contribution is -1.97. The highest BCUT2D eigenvalue weighted by Crippen LogP contribution is 2.13. The number of hydrogen-bond acceptors (Lipinski definition) is 4. The normalized spacial score (nSPS) is 10.2. The number of aromatic nitrogens is 2. The van der Waals surface area contributed by atoms with Crippen molar-refractivity contribution in [2.24, 2.45) is 0 Å². The maximum absolute atomic E-state index is 5.69. The molecule has 0 aliphatic carbocycles. The van der Waals surface area contributed by atoms with Gasteiger partial charge in [0.05, 0.1) is 24.3 Å². The van der Waals surface area contributed by atoms with Gasteiger partial charge in [-0.1, -0.05) is 0 Å². The predicted octanol–water partition coefficient (Wildman–Crippen LogP) is 1.24. The molecule has 66 valence electrons. The van der Waals surface area contributed by atoms with E-state index >= 15 is 0 Å². The minimum absolute atomic E-state index is 0.645. The molecule has 2 heterocycles. The van der Waals surface area contributed by atoms with E-state index in [2.05, 4.69) is 10.2 Å². The van der Waals surface area contributed by atoms with Crippen LogP contribution in [0.1, 0.15) is 11.3 Å². The molecular weight excluding hydrogens is 166 g/mol. The molecule has 0 amide bonds. The number of nitrogen functional groups attached to an aromatic ring is 1. The molecule has 0 unspecified atom stereocenters. The summed E-state index contributed by atoms with van der Waals surface area (Å²) in [5.41, 5.74) is 7.27. The fraction of sp³-hybridized carbons (Fsp3) is 0.111. The third-order valence-corrected chi connectivity index (χ3v) is 1.79. The van der Waals surface area contributed by atoms with E-state index in [1.165, 1.54) is 6.20 Å². The predicted molar refractivity (Wildman–Crippen MR) is 48.0 cm³/mol. The zero-order chi connectivity index (χ0) is 9.10. The monoisotopic (exact) mass is 175 g/mol. The lowest BCUT2D eigenvalue weighted by molar-refractivity contribution is 0.520. The Bertz CT molecular complexity index is 384. The minimum atomic E-state index is 0.645. The zero-order valence-electron chi connectivity index (χ0n) is 6.97. The Morgan fingerprint density at radius 2 is 2.15 bits per heavy atom. The van der Waals surface area contributed by atoms with Gasteiger partial charge in [-0.3, -0.25) is 0 Å². The van der Waals surface area contributed by atoms with Crippen LogP contribution in [-0.4, -0.2) is 10.2 Å². The van der Waals surface area contributed by atoms with Gasteiger partial charge in [-0.2, -0.15) is 10.2 Å². The Morgan fingerprint density at radius 1 is 1.31 bits per heavy atom. The summed E-state index contributed by atoms with van der Waals surface area (Å²) in [7, 11) is 0. The summed E-state index contributed by atoms with van der Waals surface area (Å²) in [6, 6.07) is 3.75. The molecule has 2 aromatic heterocycles. The van der Waals surface area contributed by atoms with Crippen molar-refractivity contribution < 1.29 is 4.42 Å². The Kier molecular flexibility index (Phi) is 1.96. The Labute approximate surface area is 75.4 Å². The summed E-state index contributed by atoms with van der Waals surface area (Å²) in [5, 5.41) is 7.42. The average molecular weight is 175 g/mol. The van der Waals surface area contributed by atoms with Gasteiger partial charge in [0.25, 0.3) is 0 Å². The Hall–Kier alpha value is -1.84. The number of furan rings is 1. The highest BCUT2D eigenvalue weighted by molar-refractivity contribution is 5.43. The molecule has 4 nitrogen and oxygen atoms in total. The first kappa shape index (κ1) is 7.79. The molecule has 0 saturated carbocycles. The second-order valence-electron chi connectivity index (χ2n) is 2.73. The second-order valence-corrected chi connectivity index (χ2v) is 2.73. The van der Waals surface area contributed by atoms with Crippen molar-refractivity contribution in [3.05, 3.63) is 42.1 Å². The molecule has 0 bridgehead atoms. The van der Waals surface area contributed by atoms with E-state index in [0.717, 1.165) is 11.3 Å². The van der Waals surface area contributed by atoms with Crippen LogP contribution in [0.4, 0.5) is 5.69 Å². The molecule has 2 N–H and O–H groups in total. The van der Waals surface area contributed by atoms with Gasteiger partial charge in [-0.15, -0.1) is 0 Å². The van der Waals surface area contributed by atoms with Crippen molar-refractivity contribution in [2.75, 3.05) is 5.73 Å². The molecule has 0 aliphatic rings. The number of anilines is 1. The Morgan fingerprint density at radius 3 is 2.85 bits per heavy atom. The third-order valence-electron chi connectivity index (χ3n) is 1.79. The van der Waals surface area contributed by atoms with Gasteiger partial charge in [0.15, 0.2) is 0 Å². The summed E-state index contributed by atoms with van der Waals surface area (Å²) >= 11 is 0. The maximum atomic E-state index is 5.69. The molecule has 0 saturated heterocycles. The fourth-order valence-electron chi connectivity index (χ4n) is 1.10. The summed E-state index contributed by atoms with van der Waals surface area (Å²) < 4.78 is 5.19. The van der Waals surface area contributed by atoms with Crippen LogP contribution in [-0.2, 0) is 6.42 Å². The molecule has 0 aliphatic heterocycles. The highest BCUT2D eigenvalue weighted by atomic mass is 16.3. The van der Waals surface area contributed by atoms with Crippen molar-refractivity contribution >= 4 is 5.69 Å². The molecule has 0 spiro atoms. The van der Waals surface area contributed by atoms with E-state index in [-0.39, 0.29) is 0 Å². The molecule has 4 heteroatoms. The van der Waals surface area contributed by atoms with E-state index < -0.39 is 0 Å². The number of nitrogens with zero attached hydrogens (tertiary/aromatic N) is 2. The van der Waals surface area contributed by atoms with Crippen LogP contribution >= 0.6 is 0 Å². The molecular formula is C9H9N3O. The van der Waals surface area contributed by atoms with Gasteiger partial charge >= 0.3 is 0 Å². The van der Waals surface area contributed by atoms with Crippen molar-refractivity contribution in [3.8, 4) is 0 Å². The van der Waals surface area contributed by atoms with Crippen LogP contribution in [0.25, 0.3) is 0 Å². The van der Waals surface area contributed by atoms with Crippen molar-refractivity contribution in [2.45, 2.75) is 6.42 Å². The van der Waals surface area contributed by atoms with E-state index in [1.54, 1.807) is 12.5 Å². The minimum Gasteiger partial charge on any atom is -0.469 e. The molecule has 13 heavy (non-hydrogen) atoms. The summed E-state index contributed by atoms with van der Waals surface area (Å²) in [6.07, 6.45) is 5.49. The summed E-state index contributed by atoms with van der Waals surface area (Å²) in [5.74, 6) is 0.875. The molecule has 2 aromatic rings. The maximum Gasteiger partial charge on any atom is 0.108 e. The molecule has 0 atom stereocenters. The smallest absolute Gasteiger partial charge is 0.108 e. The van der Waals surface area contributed by atoms with Gasteiger partial charge in [-0.25, -0.2) is 0 Å². The summed E-state index contributed by atoms with van der Waals surface area (Å²) in [4.78, 5) is 0. The molecule has 0 fully saturated rings. The average Bonchev–Trinajstić information content (AvgIpc) is 2.61. The van der Waals surface area contributed by atoms with Crippen LogP contribution in [0.3, 0.4) is 0 Å². The number of rotatable bonds is 2. The molecule has 0 aromatic carbocycles. The van der Waals surface area contributed by atoms with Crippen molar-refractivity contribution in [1.29, 1.82) is 0 Å². The van der Waals surface area contributed by atoms with Crippen molar-refractivity contribution in [1.82, 2.24) is 10.2 Å². The van der Waals surface area contributed by atoms with E-state index in [9.17, 15) is 0 Å². The first-order valence-electron chi connectivity index (χ1n) is 3.93. The summed E-state index contributed by atoms with van der Waals surface area (Å²) in [6.45, 7) is 0. The first-order valence-corrected chi connectivity index (χ1v) is 3.93. The molecule has 2 rings (SSSR count). The zero-order valence-corrected chi connectivity index (χ0v) is 6.97. The fourth-order valence-corrected chi connectivity index (χ4v) is 1.10. The Balaban J connectivity index is 2.24. The largest absolute Gasteiger partial charge is 0.469 e. The third kappa shape index (κ3) is 1.66. The van der Waals surface area contributed by atoms with E-state index in [4.69, 9.17) is 10.2 Å². The quantitative estimate of drug-likeness (QED) is 0.745. The van der Waals surface area contributed by atoms with Crippen molar-refractivity contribution in [3.63, 3.8) is 0 Å². The van der Waals surface area contributed by atoms with Gasteiger partial charge < -0.3 is 10.2 Å². The van der Waals surface area contributed by atoms with Gasteiger partial charge in [0.1, 0.15) is 5.76 Å². The molecule has 0 radical (unpaired) electrons. The lowest BCUT2D eigenvalue weighted by Gasteiger charge is -2.00.